The summed E-state index contributed by atoms with van der Waals surface area (Å²) in [4.78, 5) is 0. The maximum Gasteiger partial charge on any atom is 0.0476 e. The summed E-state index contributed by atoms with van der Waals surface area (Å²) < 4.78 is 0. The Hall–Kier alpha value is -1.85. The molecule has 2 radical (unpaired) electrons. The van der Waals surface area contributed by atoms with E-state index in [4.69, 9.17) is 0 Å². The Morgan fingerprint density at radius 1 is 0.500 bits per heavy atom. The summed E-state index contributed by atoms with van der Waals surface area (Å²) in [5, 5.41) is 2.85. The molecule has 20 heavy (non-hydrogen) atoms. The van der Waals surface area contributed by atoms with E-state index in [9.17, 15) is 0 Å². The molecule has 0 unspecified atom stereocenters. The predicted molar refractivity (Wildman–Crippen MR) is 92.3 cm³/mol. The van der Waals surface area contributed by atoms with Gasteiger partial charge in [0.05, 0.1) is 0 Å². The zero-order chi connectivity index (χ0) is 13.6. The molecule has 3 rings (SSSR count). The van der Waals surface area contributed by atoms with Gasteiger partial charge < -0.3 is 0 Å². The summed E-state index contributed by atoms with van der Waals surface area (Å²) >= 11 is 0. The molecule has 2 heteroatoms. The average molecular weight is 274 g/mol. The van der Waals surface area contributed by atoms with Crippen LogP contribution in [-0.4, -0.2) is 7.00 Å². The zero-order valence-corrected chi connectivity index (χ0v) is 12.2. The fourth-order valence-corrected chi connectivity index (χ4v) is 4.58. The fraction of sp³-hybridized carbons (Fsp3) is 0. The van der Waals surface area contributed by atoms with Crippen molar-refractivity contribution in [2.45, 2.75) is 0 Å². The van der Waals surface area contributed by atoms with E-state index < -0.39 is 7.80 Å². The summed E-state index contributed by atoms with van der Waals surface area (Å²) in [6.07, 6.45) is 0. The van der Waals surface area contributed by atoms with Crippen LogP contribution in [-0.2, 0) is 0 Å². The third-order valence-corrected chi connectivity index (χ3v) is 5.81. The summed E-state index contributed by atoms with van der Waals surface area (Å²) in [5.74, 6) is 0. The highest BCUT2D eigenvalue weighted by molar-refractivity contribution is 7.98. The third-order valence-electron chi connectivity index (χ3n) is 3.28. The van der Waals surface area contributed by atoms with Crippen molar-refractivity contribution >= 4 is 30.9 Å². The van der Waals surface area contributed by atoms with Crippen LogP contribution in [0.3, 0.4) is 0 Å². The van der Waals surface area contributed by atoms with E-state index >= 15 is 0 Å². The van der Waals surface area contributed by atoms with Gasteiger partial charge in [0.1, 0.15) is 0 Å². The van der Waals surface area contributed by atoms with Crippen molar-refractivity contribution in [3.63, 3.8) is 0 Å². The van der Waals surface area contributed by atoms with Crippen molar-refractivity contribution in [2.24, 2.45) is 0 Å². The van der Waals surface area contributed by atoms with Gasteiger partial charge in [-0.05, 0) is 31.3 Å². The van der Waals surface area contributed by atoms with Gasteiger partial charge in [-0.1, -0.05) is 66.7 Å². The number of hydrogen-bond acceptors (Lipinski definition) is 0. The molecule has 0 spiro atoms. The molecule has 96 valence electrons. The number of hydrogen-bond donors (Lipinski definition) is 0. The highest BCUT2D eigenvalue weighted by Crippen LogP contribution is 2.30. The van der Waals surface area contributed by atoms with E-state index in [-0.39, 0.29) is 0 Å². The minimum atomic E-state index is -0.877. The van der Waals surface area contributed by atoms with Crippen molar-refractivity contribution in [1.29, 1.82) is 0 Å². The maximum absolute atomic E-state index is 2.43. The first kappa shape index (κ1) is 13.2. The van der Waals surface area contributed by atoms with E-state index in [1.54, 1.807) is 0 Å². The second kappa shape index (κ2) is 6.54. The molecule has 0 aliphatic rings. The summed E-state index contributed by atoms with van der Waals surface area (Å²) in [7, 11) is -0.877. The standard InChI is InChI=1S/C18H16BP/c1-4-10-16(11-5-1)19-20(17-12-6-2-7-13-17)18-14-8-3-9-15-18/h1-15,20H. The van der Waals surface area contributed by atoms with Crippen LogP contribution in [0.1, 0.15) is 0 Å². The molecule has 0 N–H and O–H groups in total. The summed E-state index contributed by atoms with van der Waals surface area (Å²) in [5.41, 5.74) is 1.30. The lowest BCUT2D eigenvalue weighted by molar-refractivity contribution is 1.75. The monoisotopic (exact) mass is 274 g/mol. The molecule has 3 aromatic carbocycles. The SMILES string of the molecule is [B-](c1ccccc1)[PH+](c1ccccc1)c1ccccc1. The van der Waals surface area contributed by atoms with Crippen LogP contribution in [0, 0.1) is 0 Å². The van der Waals surface area contributed by atoms with Gasteiger partial charge in [0.2, 0.25) is 0 Å². The van der Waals surface area contributed by atoms with Gasteiger partial charge in [0.25, 0.3) is 0 Å². The molecule has 0 bridgehead atoms. The Kier molecular flexibility index (Phi) is 4.30. The molecule has 0 amide bonds. The van der Waals surface area contributed by atoms with Crippen molar-refractivity contribution in [1.82, 2.24) is 0 Å². The van der Waals surface area contributed by atoms with Crippen LogP contribution in [0.4, 0.5) is 0 Å². The predicted octanol–water partition coefficient (Wildman–Crippen LogP) is 2.80. The third kappa shape index (κ3) is 3.18. The molecule has 0 saturated carbocycles. The Morgan fingerprint density at radius 2 is 0.900 bits per heavy atom. The first-order chi connectivity index (χ1) is 9.93. The molecule has 0 aliphatic carbocycles. The molecule has 0 fully saturated rings. The minimum absolute atomic E-state index is 0.877. The lowest BCUT2D eigenvalue weighted by Gasteiger charge is -2.22. The van der Waals surface area contributed by atoms with Gasteiger partial charge in [0, 0.05) is 10.6 Å². The molecule has 0 aromatic heterocycles. The number of benzene rings is 3. The van der Waals surface area contributed by atoms with Crippen LogP contribution in [0.5, 0.6) is 0 Å². The van der Waals surface area contributed by atoms with Gasteiger partial charge in [-0.25, -0.2) is 5.46 Å². The van der Waals surface area contributed by atoms with Crippen molar-refractivity contribution in [3.05, 3.63) is 91.0 Å². The highest BCUT2D eigenvalue weighted by atomic mass is 31.1. The topological polar surface area (TPSA) is 0 Å². The van der Waals surface area contributed by atoms with E-state index in [1.165, 1.54) is 16.1 Å². The fourth-order valence-electron chi connectivity index (χ4n) is 2.28. The lowest BCUT2D eigenvalue weighted by Crippen LogP contribution is -2.23. The van der Waals surface area contributed by atoms with E-state index in [0.29, 0.717) is 0 Å². The van der Waals surface area contributed by atoms with Crippen molar-refractivity contribution < 1.29 is 0 Å². The lowest BCUT2D eigenvalue weighted by atomic mass is 9.95. The Labute approximate surface area is 122 Å². The Morgan fingerprint density at radius 3 is 1.35 bits per heavy atom. The largest absolute Gasteiger partial charge is 0.229 e. The second-order valence-electron chi connectivity index (χ2n) is 4.70. The van der Waals surface area contributed by atoms with Gasteiger partial charge >= 0.3 is 0 Å². The van der Waals surface area contributed by atoms with E-state index in [0.717, 1.165) is 0 Å². The molecular formula is C18H16BP. The van der Waals surface area contributed by atoms with Gasteiger partial charge in [-0.15, -0.1) is 0 Å². The van der Waals surface area contributed by atoms with E-state index in [2.05, 4.69) is 98.0 Å². The smallest absolute Gasteiger partial charge is 0.0476 e. The van der Waals surface area contributed by atoms with Crippen LogP contribution in [0.15, 0.2) is 91.0 Å². The molecule has 0 saturated heterocycles. The Balaban J connectivity index is 1.96. The Bertz CT molecular complexity index is 599. The van der Waals surface area contributed by atoms with E-state index in [1.807, 2.05) is 0 Å². The highest BCUT2D eigenvalue weighted by Gasteiger charge is 2.11. The van der Waals surface area contributed by atoms with Gasteiger partial charge in [-0.3, -0.25) is 0 Å². The molecule has 0 nitrogen and oxygen atoms in total. The summed E-state index contributed by atoms with van der Waals surface area (Å²) in [6.45, 7) is 2.43. The summed E-state index contributed by atoms with van der Waals surface area (Å²) in [6, 6.07) is 32.2. The van der Waals surface area contributed by atoms with Crippen LogP contribution < -0.4 is 16.1 Å². The van der Waals surface area contributed by atoms with Gasteiger partial charge in [0.15, 0.2) is 0 Å². The maximum atomic E-state index is 2.43. The molecular weight excluding hydrogens is 258 g/mol. The molecule has 0 heterocycles. The molecule has 3 aromatic rings. The average Bonchev–Trinajstić information content (AvgIpc) is 2.55. The first-order valence-corrected chi connectivity index (χ1v) is 8.39. The number of rotatable bonds is 4. The second-order valence-corrected chi connectivity index (χ2v) is 6.97. The van der Waals surface area contributed by atoms with Gasteiger partial charge in [-0.2, -0.15) is 7.80 Å². The normalized spacial score (nSPS) is 10.7. The quantitative estimate of drug-likeness (QED) is 0.507. The molecule has 0 aliphatic heterocycles. The van der Waals surface area contributed by atoms with Crippen LogP contribution in [0.25, 0.3) is 0 Å². The van der Waals surface area contributed by atoms with Crippen molar-refractivity contribution in [2.75, 3.05) is 0 Å². The first-order valence-electron chi connectivity index (χ1n) is 6.81. The van der Waals surface area contributed by atoms with Crippen molar-refractivity contribution in [3.8, 4) is 0 Å². The molecule has 0 atom stereocenters. The zero-order valence-electron chi connectivity index (χ0n) is 11.2. The van der Waals surface area contributed by atoms with Crippen LogP contribution in [0.2, 0.25) is 0 Å². The minimum Gasteiger partial charge on any atom is -0.229 e. The van der Waals surface area contributed by atoms with Crippen LogP contribution >= 0.6 is 7.80 Å².